The lowest BCUT2D eigenvalue weighted by Crippen LogP contribution is -2.31. The van der Waals surface area contributed by atoms with Crippen LogP contribution in [0.4, 0.5) is 5.82 Å². The molecule has 1 N–H and O–H groups in total. The van der Waals surface area contributed by atoms with Crippen LogP contribution in [0.25, 0.3) is 11.0 Å². The quantitative estimate of drug-likeness (QED) is 0.789. The van der Waals surface area contributed by atoms with E-state index in [2.05, 4.69) is 32.0 Å². The highest BCUT2D eigenvalue weighted by atomic mass is 16.5. The molecule has 0 amide bonds. The van der Waals surface area contributed by atoms with Crippen molar-refractivity contribution in [3.63, 3.8) is 0 Å². The maximum Gasteiger partial charge on any atom is 0.157 e. The number of hydrogen-bond acceptors (Lipinski definition) is 4. The zero-order chi connectivity index (χ0) is 15.1. The molecule has 0 spiro atoms. The fraction of sp³-hybridized carbons (Fsp3) is 0.294. The fourth-order valence-electron chi connectivity index (χ4n) is 3.11. The average molecular weight is 294 g/mol. The SMILES string of the molecule is COc1ccc2c(c1)CCN(c1nc(C)nc3cc[nH]c13)C2. The third-order valence-corrected chi connectivity index (χ3v) is 4.22. The van der Waals surface area contributed by atoms with Gasteiger partial charge in [0.05, 0.1) is 12.6 Å². The van der Waals surface area contributed by atoms with Crippen molar-refractivity contribution >= 4 is 16.9 Å². The zero-order valence-corrected chi connectivity index (χ0v) is 12.8. The summed E-state index contributed by atoms with van der Waals surface area (Å²) in [5.41, 5.74) is 4.69. The van der Waals surface area contributed by atoms with Gasteiger partial charge in [-0.3, -0.25) is 0 Å². The number of aromatic nitrogens is 3. The summed E-state index contributed by atoms with van der Waals surface area (Å²) in [6, 6.07) is 8.32. The number of aromatic amines is 1. The van der Waals surface area contributed by atoms with Crippen LogP contribution in [0.1, 0.15) is 17.0 Å². The van der Waals surface area contributed by atoms with E-state index in [9.17, 15) is 0 Å². The van der Waals surface area contributed by atoms with Crippen LogP contribution in [0.15, 0.2) is 30.5 Å². The number of nitrogens with one attached hydrogen (secondary N) is 1. The number of ether oxygens (including phenoxy) is 1. The Hall–Kier alpha value is -2.56. The number of rotatable bonds is 2. The van der Waals surface area contributed by atoms with Crippen LogP contribution in [0, 0.1) is 6.92 Å². The molecule has 5 heteroatoms. The normalized spacial score (nSPS) is 14.2. The van der Waals surface area contributed by atoms with Gasteiger partial charge in [-0.1, -0.05) is 6.07 Å². The Morgan fingerprint density at radius 2 is 2.09 bits per heavy atom. The third-order valence-electron chi connectivity index (χ3n) is 4.22. The van der Waals surface area contributed by atoms with Crippen LogP contribution in [-0.2, 0) is 13.0 Å². The smallest absolute Gasteiger partial charge is 0.157 e. The molecule has 0 saturated carbocycles. The molecule has 1 aliphatic rings. The predicted octanol–water partition coefficient (Wildman–Crippen LogP) is 2.84. The Morgan fingerprint density at radius 3 is 2.95 bits per heavy atom. The summed E-state index contributed by atoms with van der Waals surface area (Å²) < 4.78 is 5.32. The molecular weight excluding hydrogens is 276 g/mol. The van der Waals surface area contributed by atoms with E-state index in [0.29, 0.717) is 0 Å². The number of methoxy groups -OCH3 is 1. The van der Waals surface area contributed by atoms with Crippen LogP contribution in [0.3, 0.4) is 0 Å². The van der Waals surface area contributed by atoms with Gasteiger partial charge >= 0.3 is 0 Å². The van der Waals surface area contributed by atoms with Crippen molar-refractivity contribution in [3.8, 4) is 5.75 Å². The van der Waals surface area contributed by atoms with Crippen molar-refractivity contribution in [2.45, 2.75) is 19.9 Å². The molecule has 22 heavy (non-hydrogen) atoms. The van der Waals surface area contributed by atoms with Crippen molar-refractivity contribution in [2.24, 2.45) is 0 Å². The molecule has 0 aliphatic carbocycles. The molecule has 0 saturated heterocycles. The van der Waals surface area contributed by atoms with Gasteiger partial charge in [-0.15, -0.1) is 0 Å². The molecule has 0 unspecified atom stereocenters. The van der Waals surface area contributed by atoms with Crippen LogP contribution in [0.5, 0.6) is 5.75 Å². The van der Waals surface area contributed by atoms with Crippen LogP contribution in [0.2, 0.25) is 0 Å². The Kier molecular flexibility index (Phi) is 2.99. The van der Waals surface area contributed by atoms with E-state index in [1.165, 1.54) is 11.1 Å². The molecule has 112 valence electrons. The van der Waals surface area contributed by atoms with Gasteiger partial charge in [-0.05, 0) is 42.7 Å². The molecule has 5 nitrogen and oxygen atoms in total. The van der Waals surface area contributed by atoms with E-state index in [-0.39, 0.29) is 0 Å². The molecule has 0 atom stereocenters. The van der Waals surface area contributed by atoms with Gasteiger partial charge in [-0.25, -0.2) is 9.97 Å². The van der Waals surface area contributed by atoms with Crippen LogP contribution < -0.4 is 9.64 Å². The fourth-order valence-corrected chi connectivity index (χ4v) is 3.11. The lowest BCUT2D eigenvalue weighted by Gasteiger charge is -2.30. The summed E-state index contributed by atoms with van der Waals surface area (Å²) in [6.45, 7) is 3.76. The highest BCUT2D eigenvalue weighted by Crippen LogP contribution is 2.29. The summed E-state index contributed by atoms with van der Waals surface area (Å²) in [7, 11) is 1.71. The Morgan fingerprint density at radius 1 is 1.18 bits per heavy atom. The summed E-state index contributed by atoms with van der Waals surface area (Å²) in [5.74, 6) is 2.73. The second kappa shape index (κ2) is 5.02. The number of anilines is 1. The minimum atomic E-state index is 0.808. The van der Waals surface area contributed by atoms with Crippen molar-refractivity contribution < 1.29 is 4.74 Å². The lowest BCUT2D eigenvalue weighted by molar-refractivity contribution is 0.413. The van der Waals surface area contributed by atoms with Gasteiger partial charge in [0, 0.05) is 19.3 Å². The first-order valence-electron chi connectivity index (χ1n) is 7.47. The summed E-state index contributed by atoms with van der Waals surface area (Å²) >= 11 is 0. The minimum Gasteiger partial charge on any atom is -0.497 e. The van der Waals surface area contributed by atoms with E-state index >= 15 is 0 Å². The minimum absolute atomic E-state index is 0.808. The molecule has 4 rings (SSSR count). The zero-order valence-electron chi connectivity index (χ0n) is 12.8. The molecule has 3 aromatic rings. The molecule has 1 aliphatic heterocycles. The largest absolute Gasteiger partial charge is 0.497 e. The Labute approximate surface area is 129 Å². The van der Waals surface area contributed by atoms with E-state index in [4.69, 9.17) is 4.74 Å². The predicted molar refractivity (Wildman–Crippen MR) is 86.4 cm³/mol. The summed E-state index contributed by atoms with van der Waals surface area (Å²) in [6.07, 6.45) is 2.92. The standard InChI is InChI=1S/C17H18N4O/c1-11-19-15-5-7-18-16(15)17(20-11)21-8-6-12-9-14(22-2)4-3-13(12)10-21/h3-5,7,9,18H,6,8,10H2,1-2H3. The molecular formula is C17H18N4O. The Bertz CT molecular complexity index is 840. The lowest BCUT2D eigenvalue weighted by atomic mass is 9.99. The van der Waals surface area contributed by atoms with E-state index < -0.39 is 0 Å². The van der Waals surface area contributed by atoms with Crippen molar-refractivity contribution in [1.82, 2.24) is 15.0 Å². The summed E-state index contributed by atoms with van der Waals surface area (Å²) in [4.78, 5) is 14.7. The molecule has 0 fully saturated rings. The number of aryl methyl sites for hydroxylation is 1. The monoisotopic (exact) mass is 294 g/mol. The van der Waals surface area contributed by atoms with Gasteiger partial charge in [0.1, 0.15) is 17.1 Å². The number of nitrogens with zero attached hydrogens (tertiary/aromatic N) is 3. The molecule has 0 bridgehead atoms. The maximum atomic E-state index is 5.32. The molecule has 1 aromatic carbocycles. The van der Waals surface area contributed by atoms with Gasteiger partial charge in [0.2, 0.25) is 0 Å². The second-order valence-electron chi connectivity index (χ2n) is 5.64. The highest BCUT2D eigenvalue weighted by molar-refractivity contribution is 5.86. The van der Waals surface area contributed by atoms with E-state index in [1.54, 1.807) is 7.11 Å². The van der Waals surface area contributed by atoms with Crippen LogP contribution in [-0.4, -0.2) is 28.6 Å². The van der Waals surface area contributed by atoms with Gasteiger partial charge in [-0.2, -0.15) is 0 Å². The highest BCUT2D eigenvalue weighted by Gasteiger charge is 2.20. The van der Waals surface area contributed by atoms with Crippen molar-refractivity contribution in [3.05, 3.63) is 47.4 Å². The second-order valence-corrected chi connectivity index (χ2v) is 5.64. The first kappa shape index (κ1) is 13.1. The number of fused-ring (bicyclic) bond motifs is 2. The van der Waals surface area contributed by atoms with Crippen molar-refractivity contribution in [1.29, 1.82) is 0 Å². The van der Waals surface area contributed by atoms with Gasteiger partial charge < -0.3 is 14.6 Å². The Balaban J connectivity index is 1.73. The van der Waals surface area contributed by atoms with Gasteiger partial charge in [0.25, 0.3) is 0 Å². The first-order chi connectivity index (χ1) is 10.7. The average Bonchev–Trinajstić information content (AvgIpc) is 3.01. The third kappa shape index (κ3) is 2.09. The topological polar surface area (TPSA) is 54.0 Å². The number of hydrogen-bond donors (Lipinski definition) is 1. The number of benzene rings is 1. The van der Waals surface area contributed by atoms with E-state index in [0.717, 1.165) is 47.9 Å². The maximum absolute atomic E-state index is 5.32. The van der Waals surface area contributed by atoms with Gasteiger partial charge in [0.15, 0.2) is 5.82 Å². The van der Waals surface area contributed by atoms with E-state index in [1.807, 2.05) is 25.3 Å². The molecule has 2 aromatic heterocycles. The van der Waals surface area contributed by atoms with Crippen molar-refractivity contribution in [2.75, 3.05) is 18.6 Å². The number of H-pyrrole nitrogens is 1. The summed E-state index contributed by atoms with van der Waals surface area (Å²) in [5, 5.41) is 0. The molecule has 0 radical (unpaired) electrons. The molecule has 3 heterocycles. The van der Waals surface area contributed by atoms with Crippen LogP contribution >= 0.6 is 0 Å². The first-order valence-corrected chi connectivity index (χ1v) is 7.47.